The zero-order valence-corrected chi connectivity index (χ0v) is 14.4. The molecule has 0 aliphatic rings. The van der Waals surface area contributed by atoms with Crippen molar-refractivity contribution in [2.45, 2.75) is 0 Å². The van der Waals surface area contributed by atoms with Gasteiger partial charge in [0.15, 0.2) is 0 Å². The van der Waals surface area contributed by atoms with Crippen LogP contribution in [0.2, 0.25) is 0 Å². The highest BCUT2D eigenvalue weighted by molar-refractivity contribution is 9.10. The van der Waals surface area contributed by atoms with Crippen LogP contribution in [0.4, 0.5) is 0 Å². The fraction of sp³-hybridized carbons (Fsp3) is 0. The van der Waals surface area contributed by atoms with Gasteiger partial charge in [-0.3, -0.25) is 0 Å². The van der Waals surface area contributed by atoms with Crippen LogP contribution < -0.4 is 0 Å². The molecule has 0 unspecified atom stereocenters. The van der Waals surface area contributed by atoms with Crippen LogP contribution >= 0.6 is 15.9 Å². The molecule has 0 aliphatic heterocycles. The maximum absolute atomic E-state index is 5.96. The quantitative estimate of drug-likeness (QED) is 0.304. The van der Waals surface area contributed by atoms with Gasteiger partial charge in [-0.05, 0) is 52.2 Å². The number of hydrogen-bond acceptors (Lipinski definition) is 1. The molecule has 0 saturated heterocycles. The lowest BCUT2D eigenvalue weighted by Crippen LogP contribution is -1.79. The summed E-state index contributed by atoms with van der Waals surface area (Å²) in [5, 5.41) is 4.80. The predicted molar refractivity (Wildman–Crippen MR) is 104 cm³/mol. The summed E-state index contributed by atoms with van der Waals surface area (Å²) in [7, 11) is 0. The van der Waals surface area contributed by atoms with Crippen LogP contribution in [0, 0.1) is 0 Å². The molecule has 0 atom stereocenters. The highest BCUT2D eigenvalue weighted by Gasteiger charge is 2.11. The molecule has 114 valence electrons. The largest absolute Gasteiger partial charge is 0.456 e. The molecule has 0 bridgehead atoms. The normalized spacial score (nSPS) is 11.5. The topological polar surface area (TPSA) is 13.1 Å². The molecule has 1 aromatic heterocycles. The molecule has 24 heavy (non-hydrogen) atoms. The van der Waals surface area contributed by atoms with E-state index in [2.05, 4.69) is 82.7 Å². The van der Waals surface area contributed by atoms with Crippen molar-refractivity contribution in [2.24, 2.45) is 0 Å². The Morgan fingerprint density at radius 3 is 2.33 bits per heavy atom. The minimum atomic E-state index is 0.912. The van der Waals surface area contributed by atoms with Crippen molar-refractivity contribution in [1.29, 1.82) is 0 Å². The van der Waals surface area contributed by atoms with Gasteiger partial charge in [0.2, 0.25) is 0 Å². The molecule has 1 nitrogen and oxygen atoms in total. The number of rotatable bonds is 1. The van der Waals surface area contributed by atoms with Gasteiger partial charge in [0.25, 0.3) is 0 Å². The Balaban J connectivity index is 1.77. The van der Waals surface area contributed by atoms with Gasteiger partial charge < -0.3 is 4.42 Å². The van der Waals surface area contributed by atoms with E-state index >= 15 is 0 Å². The van der Waals surface area contributed by atoms with E-state index in [1.54, 1.807) is 0 Å². The van der Waals surface area contributed by atoms with E-state index in [9.17, 15) is 0 Å². The molecule has 0 amide bonds. The van der Waals surface area contributed by atoms with Gasteiger partial charge in [-0.15, -0.1) is 0 Å². The highest BCUT2D eigenvalue weighted by atomic mass is 79.9. The first-order valence-electron chi connectivity index (χ1n) is 7.89. The van der Waals surface area contributed by atoms with Gasteiger partial charge in [0.1, 0.15) is 11.2 Å². The van der Waals surface area contributed by atoms with E-state index in [1.165, 1.54) is 21.9 Å². The maximum atomic E-state index is 5.96. The average Bonchev–Trinajstić information content (AvgIpc) is 3.00. The molecule has 2 heteroatoms. The number of fused-ring (bicyclic) bond motifs is 4. The SMILES string of the molecule is Brc1cccc2oc3ccc(-c4ccc5ccccc5c4)cc3c12. The Bertz CT molecular complexity index is 1220. The summed E-state index contributed by atoms with van der Waals surface area (Å²) >= 11 is 3.65. The number of furan rings is 1. The van der Waals surface area contributed by atoms with Crippen LogP contribution in [0.5, 0.6) is 0 Å². The molecule has 1 heterocycles. The number of benzene rings is 4. The summed E-state index contributed by atoms with van der Waals surface area (Å²) in [6, 6.07) is 27.5. The lowest BCUT2D eigenvalue weighted by atomic mass is 10.00. The van der Waals surface area contributed by atoms with Gasteiger partial charge in [0.05, 0.1) is 0 Å². The Morgan fingerprint density at radius 1 is 0.625 bits per heavy atom. The first-order valence-corrected chi connectivity index (χ1v) is 8.69. The van der Waals surface area contributed by atoms with Crippen LogP contribution in [0.1, 0.15) is 0 Å². The molecule has 5 aromatic rings. The monoisotopic (exact) mass is 372 g/mol. The minimum Gasteiger partial charge on any atom is -0.456 e. The van der Waals surface area contributed by atoms with Crippen molar-refractivity contribution in [1.82, 2.24) is 0 Å². The third-order valence-electron chi connectivity index (χ3n) is 4.53. The third kappa shape index (κ3) is 2.07. The Labute approximate surface area is 147 Å². The fourth-order valence-electron chi connectivity index (χ4n) is 3.33. The Kier molecular flexibility index (Phi) is 3.00. The van der Waals surface area contributed by atoms with E-state index in [4.69, 9.17) is 4.42 Å². The lowest BCUT2D eigenvalue weighted by Gasteiger charge is -2.04. The maximum Gasteiger partial charge on any atom is 0.136 e. The van der Waals surface area contributed by atoms with E-state index in [1.807, 2.05) is 12.1 Å². The van der Waals surface area contributed by atoms with Crippen LogP contribution in [0.15, 0.2) is 87.8 Å². The first-order chi connectivity index (χ1) is 11.8. The fourth-order valence-corrected chi connectivity index (χ4v) is 3.89. The van der Waals surface area contributed by atoms with Crippen molar-refractivity contribution in [3.05, 3.63) is 83.3 Å². The minimum absolute atomic E-state index is 0.912. The van der Waals surface area contributed by atoms with E-state index in [0.29, 0.717) is 0 Å². The van der Waals surface area contributed by atoms with Crippen molar-refractivity contribution < 1.29 is 4.42 Å². The van der Waals surface area contributed by atoms with Crippen LogP contribution in [-0.2, 0) is 0 Å². The third-order valence-corrected chi connectivity index (χ3v) is 5.19. The molecular weight excluding hydrogens is 360 g/mol. The smallest absolute Gasteiger partial charge is 0.136 e. The van der Waals surface area contributed by atoms with Crippen molar-refractivity contribution in [3.8, 4) is 11.1 Å². The first kappa shape index (κ1) is 13.8. The van der Waals surface area contributed by atoms with Crippen molar-refractivity contribution in [2.75, 3.05) is 0 Å². The Morgan fingerprint density at radius 2 is 1.42 bits per heavy atom. The molecule has 0 aliphatic carbocycles. The zero-order valence-electron chi connectivity index (χ0n) is 12.8. The molecule has 0 fully saturated rings. The summed E-state index contributed by atoms with van der Waals surface area (Å²) in [5.41, 5.74) is 4.25. The second-order valence-corrected chi connectivity index (χ2v) is 6.84. The van der Waals surface area contributed by atoms with Gasteiger partial charge in [0, 0.05) is 15.2 Å². The summed E-state index contributed by atoms with van der Waals surface area (Å²) in [6.07, 6.45) is 0. The van der Waals surface area contributed by atoms with Crippen LogP contribution in [-0.4, -0.2) is 0 Å². The average molecular weight is 373 g/mol. The van der Waals surface area contributed by atoms with Gasteiger partial charge >= 0.3 is 0 Å². The van der Waals surface area contributed by atoms with Crippen molar-refractivity contribution >= 4 is 48.6 Å². The van der Waals surface area contributed by atoms with Crippen LogP contribution in [0.3, 0.4) is 0 Å². The molecule has 0 N–H and O–H groups in total. The molecular formula is C22H13BrO. The summed E-state index contributed by atoms with van der Waals surface area (Å²) in [6.45, 7) is 0. The van der Waals surface area contributed by atoms with Gasteiger partial charge in [-0.1, -0.05) is 64.5 Å². The molecule has 0 spiro atoms. The second-order valence-electron chi connectivity index (χ2n) is 5.99. The number of halogens is 1. The molecule has 4 aromatic carbocycles. The lowest BCUT2D eigenvalue weighted by molar-refractivity contribution is 0.669. The zero-order chi connectivity index (χ0) is 16.1. The molecule has 5 rings (SSSR count). The summed E-state index contributed by atoms with van der Waals surface area (Å²) in [4.78, 5) is 0. The number of hydrogen-bond donors (Lipinski definition) is 0. The van der Waals surface area contributed by atoms with E-state index in [0.717, 1.165) is 26.4 Å². The predicted octanol–water partition coefficient (Wildman–Crippen LogP) is 7.17. The Hall–Kier alpha value is -2.58. The van der Waals surface area contributed by atoms with Crippen LogP contribution in [0.25, 0.3) is 43.8 Å². The molecule has 0 saturated carbocycles. The van der Waals surface area contributed by atoms with E-state index < -0.39 is 0 Å². The van der Waals surface area contributed by atoms with E-state index in [-0.39, 0.29) is 0 Å². The highest BCUT2D eigenvalue weighted by Crippen LogP contribution is 2.36. The summed E-state index contributed by atoms with van der Waals surface area (Å²) in [5.74, 6) is 0. The second kappa shape index (κ2) is 5.22. The molecule has 0 radical (unpaired) electrons. The standard InChI is InChI=1S/C22H13BrO/c23-19-6-3-7-21-22(19)18-13-17(10-11-20(18)24-21)16-9-8-14-4-1-2-5-15(14)12-16/h1-13H. The summed E-state index contributed by atoms with van der Waals surface area (Å²) < 4.78 is 7.03. The van der Waals surface area contributed by atoms with Crippen molar-refractivity contribution in [3.63, 3.8) is 0 Å². The van der Waals surface area contributed by atoms with Gasteiger partial charge in [-0.2, -0.15) is 0 Å². The van der Waals surface area contributed by atoms with Gasteiger partial charge in [-0.25, -0.2) is 0 Å².